The molecule has 0 amide bonds. The van der Waals surface area contributed by atoms with E-state index in [1.807, 2.05) is 24.3 Å². The summed E-state index contributed by atoms with van der Waals surface area (Å²) >= 11 is 0. The van der Waals surface area contributed by atoms with Crippen LogP contribution >= 0.6 is 0 Å². The van der Waals surface area contributed by atoms with Crippen LogP contribution in [0.1, 0.15) is 0 Å². The number of aromatic nitrogens is 1. The number of furan rings is 1. The second kappa shape index (κ2) is 10.8. The summed E-state index contributed by atoms with van der Waals surface area (Å²) in [5.41, 5.74) is 13.9. The van der Waals surface area contributed by atoms with Gasteiger partial charge in [-0.3, -0.25) is 0 Å². The second-order valence-corrected chi connectivity index (χ2v) is 13.9. The summed E-state index contributed by atoms with van der Waals surface area (Å²) in [4.78, 5) is 0. The van der Waals surface area contributed by atoms with Gasteiger partial charge in [-0.1, -0.05) is 115 Å². The van der Waals surface area contributed by atoms with Crippen molar-refractivity contribution in [2.75, 3.05) is 0 Å². The third-order valence-corrected chi connectivity index (χ3v) is 11.1. The Bertz CT molecular complexity index is 3100. The quantitative estimate of drug-likeness (QED) is 0.175. The second-order valence-electron chi connectivity index (χ2n) is 13.9. The molecule has 2 aliphatic rings. The molecular weight excluding hydrogens is 649 g/mol. The van der Waals surface area contributed by atoms with E-state index in [9.17, 15) is 0 Å². The predicted molar refractivity (Wildman–Crippen MR) is 217 cm³/mol. The summed E-state index contributed by atoms with van der Waals surface area (Å²) in [5, 5.41) is 4.69. The van der Waals surface area contributed by atoms with E-state index in [1.54, 1.807) is 0 Å². The van der Waals surface area contributed by atoms with Gasteiger partial charge in [-0.05, 0) is 76.3 Å². The maximum atomic E-state index is 6.94. The highest BCUT2D eigenvalue weighted by Crippen LogP contribution is 2.46. The molecule has 5 heteroatoms. The molecule has 10 aromatic rings. The molecule has 53 heavy (non-hydrogen) atoms. The molecule has 2 aliphatic heterocycles. The topological polar surface area (TPSA) is 36.5 Å². The zero-order chi connectivity index (χ0) is 34.6. The summed E-state index contributed by atoms with van der Waals surface area (Å²) in [7, 11) is 0. The lowest BCUT2D eigenvalue weighted by Gasteiger charge is -2.33. The van der Waals surface area contributed by atoms with Crippen molar-refractivity contribution in [3.05, 3.63) is 170 Å². The van der Waals surface area contributed by atoms with Crippen molar-refractivity contribution in [1.82, 2.24) is 4.57 Å². The Morgan fingerprint density at radius 3 is 1.96 bits per heavy atom. The molecule has 0 atom stereocenters. The molecule has 0 saturated heterocycles. The Balaban J connectivity index is 1.10. The first kappa shape index (κ1) is 28.7. The van der Waals surface area contributed by atoms with Gasteiger partial charge in [0.1, 0.15) is 28.4 Å². The fourth-order valence-corrected chi connectivity index (χ4v) is 8.81. The summed E-state index contributed by atoms with van der Waals surface area (Å²) in [6.45, 7) is -0.283. The number of benzene rings is 8. The predicted octanol–water partition coefficient (Wildman–Crippen LogP) is 11.3. The number of rotatable bonds is 3. The van der Waals surface area contributed by atoms with Crippen molar-refractivity contribution in [2.45, 2.75) is 0 Å². The van der Waals surface area contributed by atoms with Crippen LogP contribution in [0.5, 0.6) is 17.2 Å². The van der Waals surface area contributed by atoms with E-state index in [-0.39, 0.29) is 6.92 Å². The summed E-state index contributed by atoms with van der Waals surface area (Å²) in [6.07, 6.45) is 0. The van der Waals surface area contributed by atoms with E-state index in [0.717, 1.165) is 100 Å². The number of fused-ring (bicyclic) bond motifs is 10. The van der Waals surface area contributed by atoms with Crippen LogP contribution in [0.3, 0.4) is 0 Å². The maximum Gasteiger partial charge on any atom is 0.434 e. The highest BCUT2D eigenvalue weighted by atomic mass is 16.5. The molecule has 8 aromatic carbocycles. The lowest BCUT2D eigenvalue weighted by atomic mass is 9.51. The minimum Gasteiger partial charge on any atom is -0.551 e. The first-order valence-corrected chi connectivity index (χ1v) is 18.0. The molecular formula is C48H28BNO3. The van der Waals surface area contributed by atoms with Gasteiger partial charge in [0.05, 0.1) is 16.7 Å². The summed E-state index contributed by atoms with van der Waals surface area (Å²) in [6, 6.07) is 60.0. The molecule has 0 radical (unpaired) electrons. The Hall–Kier alpha value is -6.98. The highest BCUT2D eigenvalue weighted by Gasteiger charge is 2.41. The standard InChI is InChI=1S/C48H28BNO3/c1-2-13-32(35-17-11-23-45-47(35)36-16-5-9-21-42(36)51-45)31(12-1)29-24-25-43-37(26-29)38-27-30(28-46-48(38)49(53-43)39-18-6-10-22-44(39)52-46)50-40-19-7-3-14-33(40)34-15-4-8-20-41(34)50/h1-28H. The van der Waals surface area contributed by atoms with Crippen molar-refractivity contribution in [1.29, 1.82) is 0 Å². The van der Waals surface area contributed by atoms with E-state index in [2.05, 4.69) is 150 Å². The Kier molecular flexibility index (Phi) is 5.83. The smallest absolute Gasteiger partial charge is 0.434 e. The monoisotopic (exact) mass is 677 g/mol. The van der Waals surface area contributed by atoms with Gasteiger partial charge in [0, 0.05) is 44.1 Å². The van der Waals surface area contributed by atoms with Gasteiger partial charge >= 0.3 is 6.92 Å². The van der Waals surface area contributed by atoms with Crippen molar-refractivity contribution in [3.8, 4) is 56.3 Å². The van der Waals surface area contributed by atoms with E-state index >= 15 is 0 Å². The highest BCUT2D eigenvalue weighted by molar-refractivity contribution is 6.84. The van der Waals surface area contributed by atoms with E-state index in [4.69, 9.17) is 13.8 Å². The van der Waals surface area contributed by atoms with Crippen LogP contribution in [0.4, 0.5) is 0 Å². The fraction of sp³-hybridized carbons (Fsp3) is 0. The lowest BCUT2D eigenvalue weighted by Crippen LogP contribution is -2.53. The zero-order valence-corrected chi connectivity index (χ0v) is 28.4. The average Bonchev–Trinajstić information content (AvgIpc) is 3.77. The van der Waals surface area contributed by atoms with Crippen LogP contribution < -0.4 is 20.3 Å². The summed E-state index contributed by atoms with van der Waals surface area (Å²) in [5.74, 6) is 2.50. The number of para-hydroxylation sites is 4. The van der Waals surface area contributed by atoms with Crippen LogP contribution in [-0.4, -0.2) is 11.5 Å². The van der Waals surface area contributed by atoms with Crippen LogP contribution in [0.2, 0.25) is 0 Å². The zero-order valence-electron chi connectivity index (χ0n) is 28.4. The third-order valence-electron chi connectivity index (χ3n) is 11.1. The molecule has 4 heterocycles. The molecule has 12 rings (SSSR count). The summed E-state index contributed by atoms with van der Waals surface area (Å²) < 4.78 is 22.4. The molecule has 2 aromatic heterocycles. The van der Waals surface area contributed by atoms with E-state index in [1.165, 1.54) is 10.8 Å². The van der Waals surface area contributed by atoms with Crippen LogP contribution in [0, 0.1) is 0 Å². The molecule has 0 N–H and O–H groups in total. The van der Waals surface area contributed by atoms with Crippen molar-refractivity contribution in [2.24, 2.45) is 0 Å². The van der Waals surface area contributed by atoms with Gasteiger partial charge < -0.3 is 18.4 Å². The fourth-order valence-electron chi connectivity index (χ4n) is 8.81. The SMILES string of the molecule is c1ccc2c(c1)Oc1cc(-n3c4ccccc4c4ccccc43)cc3c1B2Oc1ccc(-c2ccccc2-c2cccc4oc5ccccc5c24)cc1-3. The maximum absolute atomic E-state index is 6.94. The van der Waals surface area contributed by atoms with E-state index < -0.39 is 0 Å². The number of hydrogen-bond donors (Lipinski definition) is 0. The molecule has 0 aliphatic carbocycles. The molecule has 0 fully saturated rings. The van der Waals surface area contributed by atoms with Gasteiger partial charge in [0.15, 0.2) is 0 Å². The Morgan fingerprint density at radius 1 is 0.434 bits per heavy atom. The van der Waals surface area contributed by atoms with Gasteiger partial charge in [-0.15, -0.1) is 0 Å². The minimum absolute atomic E-state index is 0.283. The number of hydrogen-bond acceptors (Lipinski definition) is 3. The Morgan fingerprint density at radius 2 is 1.11 bits per heavy atom. The lowest BCUT2D eigenvalue weighted by molar-refractivity contribution is 0.479. The normalized spacial score (nSPS) is 12.8. The van der Waals surface area contributed by atoms with Crippen molar-refractivity contribution >= 4 is 61.6 Å². The third kappa shape index (κ3) is 4.07. The average molecular weight is 678 g/mol. The van der Waals surface area contributed by atoms with Gasteiger partial charge in [0.25, 0.3) is 0 Å². The van der Waals surface area contributed by atoms with Crippen LogP contribution in [0.25, 0.3) is 82.8 Å². The van der Waals surface area contributed by atoms with Crippen LogP contribution in [-0.2, 0) is 0 Å². The molecule has 246 valence electrons. The van der Waals surface area contributed by atoms with Gasteiger partial charge in [-0.2, -0.15) is 0 Å². The molecule has 0 spiro atoms. The largest absolute Gasteiger partial charge is 0.551 e. The van der Waals surface area contributed by atoms with Crippen molar-refractivity contribution in [3.63, 3.8) is 0 Å². The minimum atomic E-state index is -0.283. The van der Waals surface area contributed by atoms with Gasteiger partial charge in [-0.25, -0.2) is 0 Å². The molecule has 0 unspecified atom stereocenters. The first-order chi connectivity index (χ1) is 26.3. The molecule has 0 saturated carbocycles. The number of nitrogens with zero attached hydrogens (tertiary/aromatic N) is 1. The first-order valence-electron chi connectivity index (χ1n) is 18.0. The van der Waals surface area contributed by atoms with Crippen LogP contribution in [0.15, 0.2) is 174 Å². The molecule has 0 bridgehead atoms. The van der Waals surface area contributed by atoms with Crippen molar-refractivity contribution < 1.29 is 13.8 Å². The molecule has 4 nitrogen and oxygen atoms in total. The van der Waals surface area contributed by atoms with E-state index in [0.29, 0.717) is 0 Å². The Labute approximate surface area is 305 Å². The van der Waals surface area contributed by atoms with Gasteiger partial charge in [0.2, 0.25) is 0 Å². The number of ether oxygens (including phenoxy) is 1.